The van der Waals surface area contributed by atoms with E-state index in [1.54, 1.807) is 20.8 Å². The number of amides is 1. The third kappa shape index (κ3) is 3.90. The number of hydrogen-bond acceptors (Lipinski definition) is 5. The molecule has 1 fully saturated rings. The second kappa shape index (κ2) is 5.54. The first kappa shape index (κ1) is 15.4. The number of nitro groups is 1. The summed E-state index contributed by atoms with van der Waals surface area (Å²) in [6.45, 7) is 5.52. The van der Waals surface area contributed by atoms with E-state index in [0.29, 0.717) is 6.29 Å². The summed E-state index contributed by atoms with van der Waals surface area (Å²) in [5.74, 6) is 0. The van der Waals surface area contributed by atoms with Crippen LogP contribution in [0.3, 0.4) is 0 Å². The number of carbonyl (C=O) groups excluding carboxylic acids is 2. The van der Waals surface area contributed by atoms with Gasteiger partial charge in [0.1, 0.15) is 11.9 Å². The van der Waals surface area contributed by atoms with Gasteiger partial charge in [-0.1, -0.05) is 0 Å². The number of hydrogen-bond donors (Lipinski definition) is 0. The first-order valence-electron chi connectivity index (χ1n) is 6.26. The number of carbonyl (C=O) groups is 2. The van der Waals surface area contributed by atoms with Crippen LogP contribution < -0.4 is 0 Å². The van der Waals surface area contributed by atoms with Gasteiger partial charge in [0, 0.05) is 30.7 Å². The molecule has 1 heterocycles. The molecule has 1 saturated heterocycles. The monoisotopic (exact) mass is 272 g/mol. The molecule has 0 spiro atoms. The lowest BCUT2D eigenvalue weighted by Gasteiger charge is -2.25. The summed E-state index contributed by atoms with van der Waals surface area (Å²) in [5.41, 5.74) is -1.84. The second-order valence-electron chi connectivity index (χ2n) is 5.84. The van der Waals surface area contributed by atoms with Crippen LogP contribution in [0.25, 0.3) is 0 Å². The molecule has 0 aromatic heterocycles. The molecule has 1 aliphatic rings. The highest BCUT2D eigenvalue weighted by atomic mass is 16.6. The smallest absolute Gasteiger partial charge is 0.410 e. The highest BCUT2D eigenvalue weighted by Crippen LogP contribution is 2.30. The third-order valence-corrected chi connectivity index (χ3v) is 3.10. The molecule has 0 aliphatic carbocycles. The van der Waals surface area contributed by atoms with Gasteiger partial charge in [0.25, 0.3) is 0 Å². The van der Waals surface area contributed by atoms with Crippen molar-refractivity contribution >= 4 is 12.4 Å². The van der Waals surface area contributed by atoms with Crippen LogP contribution in [-0.2, 0) is 9.53 Å². The van der Waals surface area contributed by atoms with Crippen molar-refractivity contribution in [2.45, 2.75) is 51.2 Å². The maximum absolute atomic E-state index is 11.9. The third-order valence-electron chi connectivity index (χ3n) is 3.10. The first-order valence-corrected chi connectivity index (χ1v) is 6.26. The van der Waals surface area contributed by atoms with Crippen molar-refractivity contribution in [3.05, 3.63) is 10.1 Å². The Morgan fingerprint density at radius 3 is 2.63 bits per heavy atom. The van der Waals surface area contributed by atoms with E-state index >= 15 is 0 Å². The zero-order valence-electron chi connectivity index (χ0n) is 11.5. The van der Waals surface area contributed by atoms with Crippen molar-refractivity contribution < 1.29 is 19.2 Å². The maximum atomic E-state index is 11.9. The van der Waals surface area contributed by atoms with Gasteiger partial charge in [0.15, 0.2) is 0 Å². The second-order valence-corrected chi connectivity index (χ2v) is 5.84. The van der Waals surface area contributed by atoms with E-state index in [1.165, 1.54) is 4.90 Å². The number of ether oxygens (including phenoxy) is 1. The van der Waals surface area contributed by atoms with Crippen molar-refractivity contribution in [2.75, 3.05) is 13.1 Å². The lowest BCUT2D eigenvalue weighted by Crippen LogP contribution is -2.43. The molecule has 1 atom stereocenters. The van der Waals surface area contributed by atoms with Gasteiger partial charge in [-0.25, -0.2) is 4.79 Å². The van der Waals surface area contributed by atoms with Crippen LogP contribution >= 0.6 is 0 Å². The van der Waals surface area contributed by atoms with Crippen LogP contribution in [0.4, 0.5) is 4.79 Å². The van der Waals surface area contributed by atoms with Crippen molar-refractivity contribution in [3.8, 4) is 0 Å². The van der Waals surface area contributed by atoms with Crippen LogP contribution in [0.5, 0.6) is 0 Å². The summed E-state index contributed by atoms with van der Waals surface area (Å²) >= 11 is 0. The highest BCUT2D eigenvalue weighted by Gasteiger charge is 2.50. The van der Waals surface area contributed by atoms with Gasteiger partial charge < -0.3 is 14.4 Å². The van der Waals surface area contributed by atoms with Crippen molar-refractivity contribution in [3.63, 3.8) is 0 Å². The van der Waals surface area contributed by atoms with Gasteiger partial charge in [0.05, 0.1) is 6.54 Å². The minimum Gasteiger partial charge on any atom is -0.444 e. The summed E-state index contributed by atoms with van der Waals surface area (Å²) in [6.07, 6.45) is 0.669. The summed E-state index contributed by atoms with van der Waals surface area (Å²) in [7, 11) is 0. The summed E-state index contributed by atoms with van der Waals surface area (Å²) < 4.78 is 5.19. The van der Waals surface area contributed by atoms with Crippen molar-refractivity contribution in [1.29, 1.82) is 0 Å². The predicted octanol–water partition coefficient (Wildman–Crippen LogP) is 1.62. The molecule has 0 saturated carbocycles. The predicted molar refractivity (Wildman–Crippen MR) is 67.4 cm³/mol. The molecular weight excluding hydrogens is 252 g/mol. The molecule has 0 unspecified atom stereocenters. The fourth-order valence-corrected chi connectivity index (χ4v) is 2.11. The van der Waals surface area contributed by atoms with E-state index in [9.17, 15) is 19.7 Å². The van der Waals surface area contributed by atoms with Crippen LogP contribution in [0.2, 0.25) is 0 Å². The fraction of sp³-hybridized carbons (Fsp3) is 0.833. The Morgan fingerprint density at radius 1 is 1.53 bits per heavy atom. The van der Waals surface area contributed by atoms with Gasteiger partial charge in [-0.2, -0.15) is 0 Å². The molecule has 1 aliphatic heterocycles. The molecule has 0 radical (unpaired) electrons. The number of nitrogens with zero attached hydrogens (tertiary/aromatic N) is 2. The molecule has 7 nitrogen and oxygen atoms in total. The van der Waals surface area contributed by atoms with Crippen LogP contribution in [0.1, 0.15) is 40.0 Å². The van der Waals surface area contributed by atoms with Crippen molar-refractivity contribution in [2.24, 2.45) is 0 Å². The zero-order chi connectivity index (χ0) is 14.7. The lowest BCUT2D eigenvalue weighted by molar-refractivity contribution is -0.566. The quantitative estimate of drug-likeness (QED) is 0.440. The number of likely N-dealkylation sites (tertiary alicyclic amines) is 1. The van der Waals surface area contributed by atoms with Crippen LogP contribution in [-0.4, -0.2) is 46.4 Å². The van der Waals surface area contributed by atoms with E-state index in [0.717, 1.165) is 0 Å². The average molecular weight is 272 g/mol. The molecule has 0 aromatic carbocycles. The molecule has 1 rings (SSSR count). The minimum absolute atomic E-state index is 0.00273. The lowest BCUT2D eigenvalue weighted by atomic mass is 9.94. The summed E-state index contributed by atoms with van der Waals surface area (Å²) in [6, 6.07) is 0. The molecule has 1 amide bonds. The van der Waals surface area contributed by atoms with E-state index < -0.39 is 17.2 Å². The van der Waals surface area contributed by atoms with Crippen LogP contribution in [0.15, 0.2) is 0 Å². The van der Waals surface area contributed by atoms with E-state index in [2.05, 4.69) is 0 Å². The Balaban J connectivity index is 2.71. The van der Waals surface area contributed by atoms with E-state index in [1.807, 2.05) is 0 Å². The van der Waals surface area contributed by atoms with Crippen LogP contribution in [0, 0.1) is 10.1 Å². The molecule has 0 N–H and O–H groups in total. The average Bonchev–Trinajstić information content (AvgIpc) is 2.69. The maximum Gasteiger partial charge on any atom is 0.410 e. The molecule has 19 heavy (non-hydrogen) atoms. The van der Waals surface area contributed by atoms with E-state index in [-0.39, 0.29) is 37.3 Å². The molecule has 108 valence electrons. The molecule has 7 heteroatoms. The Hall–Kier alpha value is -1.66. The molecular formula is C12H20N2O5. The summed E-state index contributed by atoms with van der Waals surface area (Å²) in [4.78, 5) is 34.4. The number of rotatable bonds is 4. The largest absolute Gasteiger partial charge is 0.444 e. The summed E-state index contributed by atoms with van der Waals surface area (Å²) in [5, 5.41) is 11.2. The Morgan fingerprint density at radius 2 is 2.16 bits per heavy atom. The minimum atomic E-state index is -1.21. The molecule has 0 aromatic rings. The topological polar surface area (TPSA) is 89.8 Å². The first-order chi connectivity index (χ1) is 8.70. The SMILES string of the molecule is CC(C)(C)OC(=O)N1CC[C@](CCC=O)([N+](=O)[O-])C1. The van der Waals surface area contributed by atoms with Crippen molar-refractivity contribution in [1.82, 2.24) is 4.90 Å². The van der Waals surface area contributed by atoms with Gasteiger partial charge in [-0.15, -0.1) is 0 Å². The normalized spacial score (nSPS) is 23.2. The number of aldehydes is 1. The van der Waals surface area contributed by atoms with Gasteiger partial charge in [0.2, 0.25) is 5.54 Å². The van der Waals surface area contributed by atoms with Gasteiger partial charge in [-0.05, 0) is 20.8 Å². The Kier molecular flexibility index (Phi) is 4.49. The van der Waals surface area contributed by atoms with Gasteiger partial charge in [-0.3, -0.25) is 10.1 Å². The Labute approximate surface area is 112 Å². The molecule has 0 bridgehead atoms. The highest BCUT2D eigenvalue weighted by molar-refractivity contribution is 5.68. The van der Waals surface area contributed by atoms with E-state index in [4.69, 9.17) is 4.74 Å². The van der Waals surface area contributed by atoms with Gasteiger partial charge >= 0.3 is 6.09 Å². The standard InChI is InChI=1S/C12H20N2O5/c1-11(2,3)19-10(16)13-7-6-12(9-13,14(17)18)5-4-8-15/h8H,4-7,9H2,1-3H3/t12-/m0/s1. The Bertz CT molecular complexity index is 377. The fourth-order valence-electron chi connectivity index (χ4n) is 2.11. The zero-order valence-corrected chi connectivity index (χ0v) is 11.5.